The highest BCUT2D eigenvalue weighted by atomic mass is 32.2. The average molecular weight is 401 g/mol. The van der Waals surface area contributed by atoms with Crippen molar-refractivity contribution in [1.29, 1.82) is 0 Å². The zero-order chi connectivity index (χ0) is 19.0. The molecule has 0 aliphatic carbocycles. The minimum Gasteiger partial charge on any atom is -0.336 e. The normalized spacial score (nSPS) is 16.0. The Morgan fingerprint density at radius 1 is 0.926 bits per heavy atom. The van der Waals surface area contributed by atoms with Crippen molar-refractivity contribution in [3.05, 3.63) is 65.0 Å². The number of carbonyl (C=O) groups is 1. The summed E-state index contributed by atoms with van der Waals surface area (Å²) >= 11 is 1.28. The zero-order valence-electron chi connectivity index (χ0n) is 15.0. The molecule has 4 rings (SSSR count). The van der Waals surface area contributed by atoms with E-state index in [1.807, 2.05) is 55.5 Å². The van der Waals surface area contributed by atoms with Crippen LogP contribution in [0.3, 0.4) is 0 Å². The fourth-order valence-electron chi connectivity index (χ4n) is 3.39. The highest BCUT2D eigenvalue weighted by Gasteiger charge is 2.31. The lowest BCUT2D eigenvalue weighted by Crippen LogP contribution is -2.50. The third kappa shape index (κ3) is 3.38. The van der Waals surface area contributed by atoms with E-state index >= 15 is 0 Å². The van der Waals surface area contributed by atoms with Gasteiger partial charge in [0.05, 0.1) is 0 Å². The molecule has 0 bridgehead atoms. The largest absolute Gasteiger partial charge is 0.336 e. The molecule has 0 unspecified atom stereocenters. The molecule has 1 aliphatic rings. The average Bonchev–Trinajstić information content (AvgIpc) is 3.14. The molecular formula is C20H20N2O3S2. The second-order valence-corrected chi connectivity index (χ2v) is 10.0. The minimum absolute atomic E-state index is 0.0455. The molecule has 0 N–H and O–H groups in total. The van der Waals surface area contributed by atoms with E-state index in [-0.39, 0.29) is 5.91 Å². The Morgan fingerprint density at radius 2 is 1.63 bits per heavy atom. The van der Waals surface area contributed by atoms with Gasteiger partial charge in [-0.05, 0) is 35.9 Å². The first kappa shape index (κ1) is 18.2. The van der Waals surface area contributed by atoms with Crippen molar-refractivity contribution in [3.8, 4) is 0 Å². The molecule has 1 amide bonds. The molecule has 0 atom stereocenters. The Hall–Kier alpha value is -2.22. The molecule has 1 aromatic heterocycles. The Bertz CT molecular complexity index is 1090. The number of aryl methyl sites for hydroxylation is 1. The molecule has 3 aromatic rings. The number of hydrogen-bond donors (Lipinski definition) is 0. The Balaban J connectivity index is 1.51. The zero-order valence-corrected chi connectivity index (χ0v) is 16.6. The first-order valence-corrected chi connectivity index (χ1v) is 11.1. The van der Waals surface area contributed by atoms with Crippen LogP contribution in [0.4, 0.5) is 0 Å². The monoisotopic (exact) mass is 400 g/mol. The topological polar surface area (TPSA) is 57.7 Å². The summed E-state index contributed by atoms with van der Waals surface area (Å²) in [6.45, 7) is 3.31. The van der Waals surface area contributed by atoms with Gasteiger partial charge in [0.25, 0.3) is 15.9 Å². The van der Waals surface area contributed by atoms with Gasteiger partial charge in [-0.15, -0.1) is 11.3 Å². The molecule has 0 saturated carbocycles. The third-order valence-electron chi connectivity index (χ3n) is 4.86. The fourth-order valence-corrected chi connectivity index (χ4v) is 6.25. The number of thiophene rings is 1. The number of hydrogen-bond acceptors (Lipinski definition) is 4. The number of benzene rings is 2. The van der Waals surface area contributed by atoms with Gasteiger partial charge in [0, 0.05) is 36.6 Å². The van der Waals surface area contributed by atoms with Crippen LogP contribution in [0.15, 0.2) is 58.8 Å². The van der Waals surface area contributed by atoms with Crippen molar-refractivity contribution in [2.24, 2.45) is 0 Å². The molecular weight excluding hydrogens is 380 g/mol. The van der Waals surface area contributed by atoms with Crippen LogP contribution in [0.25, 0.3) is 10.8 Å². The number of piperazine rings is 1. The SMILES string of the molecule is Cc1ccc(S(=O)(=O)N2CCN(C(=O)c3cccc4ccccc34)CC2)s1. The van der Waals surface area contributed by atoms with Crippen LogP contribution in [-0.2, 0) is 10.0 Å². The highest BCUT2D eigenvalue weighted by molar-refractivity contribution is 7.91. The number of carbonyl (C=O) groups excluding carboxylic acids is 1. The second kappa shape index (κ2) is 7.07. The smallest absolute Gasteiger partial charge is 0.254 e. The van der Waals surface area contributed by atoms with Gasteiger partial charge in [-0.1, -0.05) is 36.4 Å². The van der Waals surface area contributed by atoms with Crippen molar-refractivity contribution in [1.82, 2.24) is 9.21 Å². The summed E-state index contributed by atoms with van der Waals surface area (Å²) in [7, 11) is -3.48. The summed E-state index contributed by atoms with van der Waals surface area (Å²) in [5, 5.41) is 1.95. The molecule has 27 heavy (non-hydrogen) atoms. The maximum absolute atomic E-state index is 13.0. The van der Waals surface area contributed by atoms with E-state index in [9.17, 15) is 13.2 Å². The van der Waals surface area contributed by atoms with Crippen molar-refractivity contribution in [2.45, 2.75) is 11.1 Å². The van der Waals surface area contributed by atoms with Gasteiger partial charge in [-0.3, -0.25) is 4.79 Å². The van der Waals surface area contributed by atoms with Gasteiger partial charge in [0.1, 0.15) is 4.21 Å². The van der Waals surface area contributed by atoms with Gasteiger partial charge in [-0.2, -0.15) is 4.31 Å². The highest BCUT2D eigenvalue weighted by Crippen LogP contribution is 2.26. The number of sulfonamides is 1. The van der Waals surface area contributed by atoms with Gasteiger partial charge >= 0.3 is 0 Å². The van der Waals surface area contributed by atoms with E-state index in [1.54, 1.807) is 11.0 Å². The van der Waals surface area contributed by atoms with Gasteiger partial charge in [0.2, 0.25) is 0 Å². The molecule has 1 fully saturated rings. The minimum atomic E-state index is -3.48. The Kier molecular flexibility index (Phi) is 4.75. The van der Waals surface area contributed by atoms with E-state index in [2.05, 4.69) is 0 Å². The van der Waals surface area contributed by atoms with Crippen LogP contribution in [-0.4, -0.2) is 49.7 Å². The summed E-state index contributed by atoms with van der Waals surface area (Å²) < 4.78 is 27.4. The van der Waals surface area contributed by atoms with Crippen LogP contribution in [0.1, 0.15) is 15.2 Å². The van der Waals surface area contributed by atoms with Crippen molar-refractivity contribution < 1.29 is 13.2 Å². The summed E-state index contributed by atoms with van der Waals surface area (Å²) in [6.07, 6.45) is 0. The van der Waals surface area contributed by atoms with Gasteiger partial charge < -0.3 is 4.90 Å². The summed E-state index contributed by atoms with van der Waals surface area (Å²) in [5.74, 6) is -0.0455. The molecule has 0 radical (unpaired) electrons. The van der Waals surface area contributed by atoms with Crippen LogP contribution in [0, 0.1) is 6.92 Å². The standard InChI is InChI=1S/C20H20N2O3S2/c1-15-9-10-19(26-15)27(24,25)22-13-11-21(12-14-22)20(23)18-8-4-6-16-5-2-3-7-17(16)18/h2-10H,11-14H2,1H3. The van der Waals surface area contributed by atoms with E-state index in [0.717, 1.165) is 15.6 Å². The molecule has 1 aliphatic heterocycles. The number of rotatable bonds is 3. The molecule has 2 aromatic carbocycles. The molecule has 0 spiro atoms. The maximum Gasteiger partial charge on any atom is 0.254 e. The summed E-state index contributed by atoms with van der Waals surface area (Å²) in [5.41, 5.74) is 0.665. The molecule has 2 heterocycles. The molecule has 140 valence electrons. The lowest BCUT2D eigenvalue weighted by Gasteiger charge is -2.34. The predicted octanol–water partition coefficient (Wildman–Crippen LogP) is 3.36. The van der Waals surface area contributed by atoms with E-state index in [4.69, 9.17) is 0 Å². The lowest BCUT2D eigenvalue weighted by atomic mass is 10.0. The van der Waals surface area contributed by atoms with Crippen LogP contribution in [0.5, 0.6) is 0 Å². The fraction of sp³-hybridized carbons (Fsp3) is 0.250. The van der Waals surface area contributed by atoms with Gasteiger partial charge in [-0.25, -0.2) is 8.42 Å². The first-order chi connectivity index (χ1) is 13.0. The van der Waals surface area contributed by atoms with Crippen molar-refractivity contribution in [3.63, 3.8) is 0 Å². The Labute approximate surface area is 162 Å². The van der Waals surface area contributed by atoms with Gasteiger partial charge in [0.15, 0.2) is 0 Å². The van der Waals surface area contributed by atoms with Crippen LogP contribution >= 0.6 is 11.3 Å². The quantitative estimate of drug-likeness (QED) is 0.677. The van der Waals surface area contributed by atoms with Crippen LogP contribution < -0.4 is 0 Å². The van der Waals surface area contributed by atoms with E-state index < -0.39 is 10.0 Å². The Morgan fingerprint density at radius 3 is 2.33 bits per heavy atom. The summed E-state index contributed by atoms with van der Waals surface area (Å²) in [4.78, 5) is 15.7. The number of amides is 1. The van der Waals surface area contributed by atoms with Crippen molar-refractivity contribution in [2.75, 3.05) is 26.2 Å². The number of fused-ring (bicyclic) bond motifs is 1. The lowest BCUT2D eigenvalue weighted by molar-refractivity contribution is 0.0700. The predicted molar refractivity (Wildman–Crippen MR) is 108 cm³/mol. The first-order valence-electron chi connectivity index (χ1n) is 8.80. The second-order valence-electron chi connectivity index (χ2n) is 6.59. The molecule has 1 saturated heterocycles. The third-order valence-corrected chi connectivity index (χ3v) is 8.22. The molecule has 7 heteroatoms. The molecule has 5 nitrogen and oxygen atoms in total. The number of nitrogens with zero attached hydrogens (tertiary/aromatic N) is 2. The summed E-state index contributed by atoms with van der Waals surface area (Å²) in [6, 6.07) is 17.0. The van der Waals surface area contributed by atoms with E-state index in [1.165, 1.54) is 15.6 Å². The van der Waals surface area contributed by atoms with Crippen molar-refractivity contribution >= 4 is 38.0 Å². The maximum atomic E-state index is 13.0. The van der Waals surface area contributed by atoms with Crippen LogP contribution in [0.2, 0.25) is 0 Å². The van der Waals surface area contributed by atoms with E-state index in [0.29, 0.717) is 36.0 Å².